The minimum Gasteiger partial charge on any atom is -0.493 e. The highest BCUT2D eigenvalue weighted by atomic mass is 35.5. The Labute approximate surface area is 174 Å². The molecule has 150 valence electrons. The molecule has 0 bridgehead atoms. The van der Waals surface area contributed by atoms with Crippen molar-refractivity contribution in [1.29, 1.82) is 0 Å². The third kappa shape index (κ3) is 6.04. The Morgan fingerprint density at radius 3 is 2.29 bits per heavy atom. The minimum absolute atomic E-state index is 0.106. The molecule has 2 aromatic carbocycles. The van der Waals surface area contributed by atoms with Gasteiger partial charge in [-0.3, -0.25) is 9.59 Å². The van der Waals surface area contributed by atoms with Crippen molar-refractivity contribution in [1.82, 2.24) is 4.90 Å². The van der Waals surface area contributed by atoms with E-state index < -0.39 is 0 Å². The van der Waals surface area contributed by atoms with Crippen LogP contribution in [0.4, 0.5) is 5.69 Å². The third-order valence-electron chi connectivity index (χ3n) is 3.94. The van der Waals surface area contributed by atoms with Gasteiger partial charge in [-0.2, -0.15) is 0 Å². The summed E-state index contributed by atoms with van der Waals surface area (Å²) in [4.78, 5) is 26.2. The number of rotatable bonds is 9. The zero-order valence-electron chi connectivity index (χ0n) is 15.7. The first-order chi connectivity index (χ1) is 13.5. The maximum absolute atomic E-state index is 12.4. The fourth-order valence-corrected chi connectivity index (χ4v) is 2.98. The van der Waals surface area contributed by atoms with Gasteiger partial charge >= 0.3 is 0 Å². The largest absolute Gasteiger partial charge is 0.493 e. The number of nitrogens with zero attached hydrogens (tertiary/aromatic N) is 1. The van der Waals surface area contributed by atoms with Crippen LogP contribution >= 0.6 is 23.2 Å². The van der Waals surface area contributed by atoms with Gasteiger partial charge in [-0.15, -0.1) is 0 Å². The van der Waals surface area contributed by atoms with Crippen LogP contribution in [0.1, 0.15) is 13.3 Å². The van der Waals surface area contributed by atoms with Gasteiger partial charge in [0.1, 0.15) is 0 Å². The van der Waals surface area contributed by atoms with E-state index >= 15 is 0 Å². The highest BCUT2D eigenvalue weighted by molar-refractivity contribution is 6.39. The molecule has 0 saturated heterocycles. The number of nitrogens with one attached hydrogen (secondary N) is 1. The lowest BCUT2D eigenvalue weighted by Crippen LogP contribution is -2.38. The fourth-order valence-electron chi connectivity index (χ4n) is 2.49. The number of ether oxygens (including phenoxy) is 2. The van der Waals surface area contributed by atoms with Gasteiger partial charge in [0, 0.05) is 6.54 Å². The molecule has 0 radical (unpaired) electrons. The Morgan fingerprint density at radius 1 is 1.04 bits per heavy atom. The van der Waals surface area contributed by atoms with Gasteiger partial charge < -0.3 is 19.7 Å². The molecule has 0 atom stereocenters. The monoisotopic (exact) mass is 424 g/mol. The average molecular weight is 425 g/mol. The molecule has 0 saturated carbocycles. The van der Waals surface area contributed by atoms with E-state index in [-0.39, 0.29) is 31.4 Å². The highest BCUT2D eigenvalue weighted by Gasteiger charge is 2.17. The summed E-state index contributed by atoms with van der Waals surface area (Å²) in [7, 11) is 1.55. The molecule has 2 rings (SSSR count). The molecule has 8 heteroatoms. The zero-order valence-corrected chi connectivity index (χ0v) is 17.2. The number of carbonyl (C=O) groups excluding carboxylic acids is 2. The van der Waals surface area contributed by atoms with Crippen LogP contribution in [0.5, 0.6) is 11.5 Å². The Kier molecular flexibility index (Phi) is 8.42. The van der Waals surface area contributed by atoms with Gasteiger partial charge in [0.15, 0.2) is 11.5 Å². The number of hydrogen-bond donors (Lipinski definition) is 1. The fraction of sp³-hybridized carbons (Fsp3) is 0.300. The van der Waals surface area contributed by atoms with Gasteiger partial charge in [-0.1, -0.05) is 41.4 Å². The van der Waals surface area contributed by atoms with Crippen LogP contribution in [0, 0.1) is 0 Å². The van der Waals surface area contributed by atoms with E-state index in [0.29, 0.717) is 33.8 Å². The number of halogens is 2. The van der Waals surface area contributed by atoms with Gasteiger partial charge in [-0.25, -0.2) is 0 Å². The summed E-state index contributed by atoms with van der Waals surface area (Å²) in [5, 5.41) is 3.32. The van der Waals surface area contributed by atoms with Gasteiger partial charge in [-0.05, 0) is 31.2 Å². The van der Waals surface area contributed by atoms with Crippen LogP contribution in [0.3, 0.4) is 0 Å². The number of hydrogen-bond acceptors (Lipinski definition) is 4. The molecule has 0 spiro atoms. The van der Waals surface area contributed by atoms with E-state index in [4.69, 9.17) is 32.7 Å². The summed E-state index contributed by atoms with van der Waals surface area (Å²) in [6.45, 7) is 2.26. The smallest absolute Gasteiger partial charge is 0.244 e. The molecular formula is C20H22Cl2N2O4. The van der Waals surface area contributed by atoms with Crippen LogP contribution in [0.2, 0.25) is 10.0 Å². The molecule has 0 unspecified atom stereocenters. The zero-order chi connectivity index (χ0) is 20.5. The first-order valence-corrected chi connectivity index (χ1v) is 9.49. The van der Waals surface area contributed by atoms with Crippen LogP contribution in [0.25, 0.3) is 0 Å². The second kappa shape index (κ2) is 10.8. The summed E-state index contributed by atoms with van der Waals surface area (Å²) in [6, 6.07) is 12.1. The normalized spacial score (nSPS) is 10.3. The molecule has 0 aliphatic heterocycles. The third-order valence-corrected chi connectivity index (χ3v) is 4.57. The molecular weight excluding hydrogens is 403 g/mol. The number of likely N-dealkylation sites (N-methyl/N-ethyl adjacent to an activating group) is 1. The molecule has 0 aromatic heterocycles. The Hall–Kier alpha value is -2.44. The lowest BCUT2D eigenvalue weighted by molar-refractivity contribution is -0.134. The van der Waals surface area contributed by atoms with Crippen LogP contribution in [-0.2, 0) is 9.59 Å². The number of benzene rings is 2. The molecule has 0 aliphatic carbocycles. The quantitative estimate of drug-likeness (QED) is 0.652. The SMILES string of the molecule is CCN(CC(=O)Nc1c(Cl)cccc1Cl)C(=O)CCOc1ccccc1OC. The van der Waals surface area contributed by atoms with E-state index in [2.05, 4.69) is 5.32 Å². The van der Waals surface area contributed by atoms with Crippen molar-refractivity contribution in [2.75, 3.05) is 32.1 Å². The van der Waals surface area contributed by atoms with E-state index in [0.717, 1.165) is 0 Å². The summed E-state index contributed by atoms with van der Waals surface area (Å²) < 4.78 is 10.8. The standard InChI is InChI=1S/C20H22Cl2N2O4/c1-3-24(13-18(25)23-20-14(21)7-6-8-15(20)22)19(26)11-12-28-17-10-5-4-9-16(17)27-2/h4-10H,3,11-13H2,1-2H3,(H,23,25). The van der Waals surface area contributed by atoms with Gasteiger partial charge in [0.05, 0.1) is 42.4 Å². The number of carbonyl (C=O) groups is 2. The summed E-state index contributed by atoms with van der Waals surface area (Å²) in [5.41, 5.74) is 0.332. The second-order valence-corrected chi connectivity index (χ2v) is 6.62. The number of para-hydroxylation sites is 3. The van der Waals surface area contributed by atoms with Crippen LogP contribution in [-0.4, -0.2) is 43.5 Å². The summed E-state index contributed by atoms with van der Waals surface area (Å²) in [6.07, 6.45) is 0.131. The molecule has 6 nitrogen and oxygen atoms in total. The van der Waals surface area contributed by atoms with Crippen molar-refractivity contribution in [2.24, 2.45) is 0 Å². The second-order valence-electron chi connectivity index (χ2n) is 5.80. The average Bonchev–Trinajstić information content (AvgIpc) is 2.69. The van der Waals surface area contributed by atoms with Gasteiger partial charge in [0.25, 0.3) is 0 Å². The van der Waals surface area contributed by atoms with Gasteiger partial charge in [0.2, 0.25) is 11.8 Å². The highest BCUT2D eigenvalue weighted by Crippen LogP contribution is 2.29. The number of amides is 2. The van der Waals surface area contributed by atoms with Crippen molar-refractivity contribution in [3.63, 3.8) is 0 Å². The molecule has 28 heavy (non-hydrogen) atoms. The Morgan fingerprint density at radius 2 is 1.68 bits per heavy atom. The molecule has 0 heterocycles. The number of methoxy groups -OCH3 is 1. The van der Waals surface area contributed by atoms with Crippen molar-refractivity contribution < 1.29 is 19.1 Å². The first-order valence-electron chi connectivity index (χ1n) is 8.73. The van der Waals surface area contributed by atoms with E-state index in [9.17, 15) is 9.59 Å². The first kappa shape index (κ1) is 21.9. The van der Waals surface area contributed by atoms with Crippen molar-refractivity contribution >= 4 is 40.7 Å². The predicted octanol–water partition coefficient (Wildman–Crippen LogP) is 4.26. The molecule has 1 N–H and O–H groups in total. The maximum atomic E-state index is 12.4. The lowest BCUT2D eigenvalue weighted by atomic mass is 10.3. The minimum atomic E-state index is -0.379. The van der Waals surface area contributed by atoms with Crippen LogP contribution < -0.4 is 14.8 Å². The van der Waals surface area contributed by atoms with Crippen molar-refractivity contribution in [2.45, 2.75) is 13.3 Å². The lowest BCUT2D eigenvalue weighted by Gasteiger charge is -2.21. The van der Waals surface area contributed by atoms with Crippen molar-refractivity contribution in [3.8, 4) is 11.5 Å². The summed E-state index contributed by atoms with van der Waals surface area (Å²) in [5.74, 6) is 0.582. The van der Waals surface area contributed by atoms with E-state index in [1.165, 1.54) is 4.90 Å². The summed E-state index contributed by atoms with van der Waals surface area (Å²) >= 11 is 12.1. The van der Waals surface area contributed by atoms with E-state index in [1.807, 2.05) is 12.1 Å². The molecule has 0 fully saturated rings. The maximum Gasteiger partial charge on any atom is 0.244 e. The van der Waals surface area contributed by atoms with E-state index in [1.54, 1.807) is 44.4 Å². The number of anilines is 1. The molecule has 2 aromatic rings. The van der Waals surface area contributed by atoms with Crippen LogP contribution in [0.15, 0.2) is 42.5 Å². The molecule has 0 aliphatic rings. The molecule has 2 amide bonds. The topological polar surface area (TPSA) is 67.9 Å². The Bertz CT molecular complexity index is 809. The Balaban J connectivity index is 1.88. The van der Waals surface area contributed by atoms with Crippen molar-refractivity contribution in [3.05, 3.63) is 52.5 Å². The predicted molar refractivity (Wildman–Crippen MR) is 110 cm³/mol.